The van der Waals surface area contributed by atoms with E-state index in [0.29, 0.717) is 9.41 Å². The molecule has 1 aromatic rings. The molecule has 0 saturated carbocycles. The van der Waals surface area contributed by atoms with E-state index in [1.54, 1.807) is 0 Å². The number of thioether (sulfide) groups is 1. The van der Waals surface area contributed by atoms with Crippen LogP contribution in [0.3, 0.4) is 0 Å². The Morgan fingerprint density at radius 3 is 2.75 bits per heavy atom. The molecule has 0 saturated heterocycles. The van der Waals surface area contributed by atoms with E-state index in [4.69, 9.17) is 0 Å². The third-order valence-electron chi connectivity index (χ3n) is 2.45. The number of hydrogen-bond donors (Lipinski definition) is 0. The van der Waals surface area contributed by atoms with Gasteiger partial charge in [-0.1, -0.05) is 45.8 Å². The van der Waals surface area contributed by atoms with Gasteiger partial charge in [-0.15, -0.1) is 11.8 Å². The van der Waals surface area contributed by atoms with Crippen LogP contribution in [0, 0.1) is 13.8 Å². The van der Waals surface area contributed by atoms with Crippen LogP contribution in [0.1, 0.15) is 11.1 Å². The van der Waals surface area contributed by atoms with Gasteiger partial charge >= 0.3 is 0 Å². The molecule has 1 aliphatic heterocycles. The van der Waals surface area contributed by atoms with Gasteiger partial charge in [0.05, 0.1) is 15.1 Å². The van der Waals surface area contributed by atoms with Gasteiger partial charge in [-0.2, -0.15) is 0 Å². The molecule has 2 atom stereocenters. The SMILES string of the molecule is Cc1ccc(N=CC2C=CC(Br)S2)c(C)c1. The van der Waals surface area contributed by atoms with Gasteiger partial charge in [0.25, 0.3) is 0 Å². The van der Waals surface area contributed by atoms with Crippen LogP contribution < -0.4 is 0 Å². The van der Waals surface area contributed by atoms with E-state index >= 15 is 0 Å². The van der Waals surface area contributed by atoms with Crippen molar-refractivity contribution in [3.63, 3.8) is 0 Å². The van der Waals surface area contributed by atoms with E-state index in [9.17, 15) is 0 Å². The second kappa shape index (κ2) is 5.19. The van der Waals surface area contributed by atoms with Crippen molar-refractivity contribution in [3.05, 3.63) is 41.5 Å². The molecule has 0 aromatic heterocycles. The Labute approximate surface area is 109 Å². The second-order valence-corrected chi connectivity index (χ2v) is 6.82. The molecule has 0 bridgehead atoms. The van der Waals surface area contributed by atoms with Crippen molar-refractivity contribution >= 4 is 39.6 Å². The van der Waals surface area contributed by atoms with E-state index in [2.05, 4.69) is 65.1 Å². The fraction of sp³-hybridized carbons (Fsp3) is 0.308. The number of alkyl halides is 1. The van der Waals surface area contributed by atoms with Crippen molar-refractivity contribution in [2.45, 2.75) is 23.3 Å². The van der Waals surface area contributed by atoms with Crippen LogP contribution in [0.15, 0.2) is 35.3 Å². The number of nitrogens with zero attached hydrogens (tertiary/aromatic N) is 1. The van der Waals surface area contributed by atoms with E-state index in [1.807, 2.05) is 18.0 Å². The first-order valence-electron chi connectivity index (χ1n) is 5.24. The van der Waals surface area contributed by atoms with Crippen LogP contribution in [0.4, 0.5) is 5.69 Å². The minimum atomic E-state index is 0.394. The van der Waals surface area contributed by atoms with Gasteiger partial charge in [0, 0.05) is 6.21 Å². The maximum atomic E-state index is 4.55. The highest BCUT2D eigenvalue weighted by Gasteiger charge is 2.14. The number of benzene rings is 1. The van der Waals surface area contributed by atoms with Crippen molar-refractivity contribution in [3.8, 4) is 0 Å². The number of aryl methyl sites for hydroxylation is 2. The van der Waals surface area contributed by atoms with Crippen molar-refractivity contribution < 1.29 is 0 Å². The van der Waals surface area contributed by atoms with Crippen molar-refractivity contribution in [1.82, 2.24) is 0 Å². The fourth-order valence-corrected chi connectivity index (χ4v) is 3.34. The minimum absolute atomic E-state index is 0.394. The molecule has 2 rings (SSSR count). The summed E-state index contributed by atoms with van der Waals surface area (Å²) in [4.78, 5) is 4.55. The van der Waals surface area contributed by atoms with Crippen LogP contribution in [0.2, 0.25) is 0 Å². The van der Waals surface area contributed by atoms with Crippen molar-refractivity contribution in [2.75, 3.05) is 0 Å². The molecule has 0 amide bonds. The topological polar surface area (TPSA) is 12.4 Å². The molecule has 84 valence electrons. The summed E-state index contributed by atoms with van der Waals surface area (Å²) in [6, 6.07) is 6.35. The molecule has 0 radical (unpaired) electrons. The van der Waals surface area contributed by atoms with Crippen LogP contribution in [-0.4, -0.2) is 15.6 Å². The fourth-order valence-electron chi connectivity index (χ4n) is 1.63. The van der Waals surface area contributed by atoms with Crippen LogP contribution >= 0.6 is 27.7 Å². The van der Waals surface area contributed by atoms with Gasteiger partial charge in [-0.3, -0.25) is 4.99 Å². The molecule has 0 aliphatic carbocycles. The standard InChI is InChI=1S/C13H14BrNS/c1-9-3-5-12(10(2)7-9)15-8-11-4-6-13(14)16-11/h3-8,11,13H,1-2H3. The van der Waals surface area contributed by atoms with Gasteiger partial charge in [0.15, 0.2) is 0 Å². The van der Waals surface area contributed by atoms with E-state index in [1.165, 1.54) is 11.1 Å². The lowest BCUT2D eigenvalue weighted by Crippen LogP contribution is -1.96. The first kappa shape index (κ1) is 11.9. The average molecular weight is 296 g/mol. The molecule has 0 fully saturated rings. The summed E-state index contributed by atoms with van der Waals surface area (Å²) in [5.74, 6) is 0. The zero-order valence-electron chi connectivity index (χ0n) is 9.35. The molecule has 0 N–H and O–H groups in total. The van der Waals surface area contributed by atoms with Crippen molar-refractivity contribution in [1.29, 1.82) is 0 Å². The third kappa shape index (κ3) is 2.98. The lowest BCUT2D eigenvalue weighted by Gasteiger charge is -2.03. The normalized spacial score (nSPS) is 24.4. The maximum absolute atomic E-state index is 4.55. The van der Waals surface area contributed by atoms with E-state index < -0.39 is 0 Å². The second-order valence-electron chi connectivity index (χ2n) is 3.90. The summed E-state index contributed by atoms with van der Waals surface area (Å²) >= 11 is 5.39. The van der Waals surface area contributed by atoms with Gasteiger partial charge in [-0.05, 0) is 25.5 Å². The van der Waals surface area contributed by atoms with Gasteiger partial charge < -0.3 is 0 Å². The quantitative estimate of drug-likeness (QED) is 0.447. The number of halogens is 1. The summed E-state index contributed by atoms with van der Waals surface area (Å²) in [6.45, 7) is 4.20. The highest BCUT2D eigenvalue weighted by atomic mass is 79.9. The van der Waals surface area contributed by atoms with E-state index in [0.717, 1.165) is 5.69 Å². The Bertz CT molecular complexity index is 440. The molecular formula is C13H14BrNS. The summed E-state index contributed by atoms with van der Waals surface area (Å²) in [5.41, 5.74) is 3.59. The molecule has 16 heavy (non-hydrogen) atoms. The third-order valence-corrected chi connectivity index (χ3v) is 4.42. The first-order valence-corrected chi connectivity index (χ1v) is 7.10. The monoisotopic (exact) mass is 295 g/mol. The summed E-state index contributed by atoms with van der Waals surface area (Å²) in [6.07, 6.45) is 6.35. The highest BCUT2D eigenvalue weighted by molar-refractivity contribution is 9.11. The predicted molar refractivity (Wildman–Crippen MR) is 77.3 cm³/mol. The Balaban J connectivity index is 2.09. The highest BCUT2D eigenvalue weighted by Crippen LogP contribution is 2.30. The molecule has 1 nitrogen and oxygen atoms in total. The Morgan fingerprint density at radius 1 is 1.31 bits per heavy atom. The van der Waals surface area contributed by atoms with Crippen LogP contribution in [0.5, 0.6) is 0 Å². The van der Waals surface area contributed by atoms with Crippen molar-refractivity contribution in [2.24, 2.45) is 4.99 Å². The molecule has 1 heterocycles. The molecular weight excluding hydrogens is 282 g/mol. The first-order chi connectivity index (χ1) is 7.65. The summed E-state index contributed by atoms with van der Waals surface area (Å²) in [7, 11) is 0. The van der Waals surface area contributed by atoms with Crippen LogP contribution in [0.25, 0.3) is 0 Å². The lowest BCUT2D eigenvalue weighted by molar-refractivity contribution is 1.34. The zero-order valence-corrected chi connectivity index (χ0v) is 11.8. The largest absolute Gasteiger partial charge is 0.259 e. The Kier molecular flexibility index (Phi) is 3.87. The molecule has 2 unspecified atom stereocenters. The molecule has 1 aromatic carbocycles. The minimum Gasteiger partial charge on any atom is -0.259 e. The number of hydrogen-bond acceptors (Lipinski definition) is 2. The summed E-state index contributed by atoms with van der Waals surface area (Å²) < 4.78 is 0.433. The van der Waals surface area contributed by atoms with Gasteiger partial charge in [0.2, 0.25) is 0 Å². The van der Waals surface area contributed by atoms with Gasteiger partial charge in [0.1, 0.15) is 0 Å². The zero-order chi connectivity index (χ0) is 11.5. The Morgan fingerprint density at radius 2 is 2.12 bits per heavy atom. The average Bonchev–Trinajstić information content (AvgIpc) is 2.63. The summed E-state index contributed by atoms with van der Waals surface area (Å²) in [5, 5.41) is 0.394. The molecule has 0 spiro atoms. The number of aliphatic imine (C=N–C) groups is 1. The van der Waals surface area contributed by atoms with Gasteiger partial charge in [-0.25, -0.2) is 0 Å². The molecule has 1 aliphatic rings. The van der Waals surface area contributed by atoms with E-state index in [-0.39, 0.29) is 0 Å². The maximum Gasteiger partial charge on any atom is 0.0790 e. The molecule has 3 heteroatoms. The predicted octanol–water partition coefficient (Wildman–Crippen LogP) is 4.40. The number of rotatable bonds is 2. The lowest BCUT2D eigenvalue weighted by atomic mass is 10.1. The van der Waals surface area contributed by atoms with Crippen LogP contribution in [-0.2, 0) is 0 Å². The Hall–Kier alpha value is -0.540. The smallest absolute Gasteiger partial charge is 0.0790 e.